The van der Waals surface area contributed by atoms with Crippen LogP contribution in [0.5, 0.6) is 0 Å². The van der Waals surface area contributed by atoms with Gasteiger partial charge in [0.25, 0.3) is 15.9 Å². The molecule has 0 spiro atoms. The number of hydrogen-bond acceptors (Lipinski definition) is 4. The van der Waals surface area contributed by atoms with E-state index in [9.17, 15) is 13.2 Å². The molecule has 0 saturated carbocycles. The van der Waals surface area contributed by atoms with Crippen LogP contribution < -0.4 is 4.72 Å². The lowest BCUT2D eigenvalue weighted by Crippen LogP contribution is -2.26. The highest BCUT2D eigenvalue weighted by Crippen LogP contribution is 2.30. The van der Waals surface area contributed by atoms with E-state index in [4.69, 9.17) is 0 Å². The molecule has 1 aliphatic rings. The lowest BCUT2D eigenvalue weighted by atomic mass is 10.2. The van der Waals surface area contributed by atoms with Crippen LogP contribution in [0.25, 0.3) is 10.1 Å². The number of thiophene rings is 1. The highest BCUT2D eigenvalue weighted by atomic mass is 79.9. The van der Waals surface area contributed by atoms with Crippen LogP contribution >= 0.6 is 27.3 Å². The molecule has 1 aliphatic heterocycles. The monoisotopic (exact) mass is 464 g/mol. The fraction of sp³-hybridized carbons (Fsp3) is 0.211. The summed E-state index contributed by atoms with van der Waals surface area (Å²) in [5.74, 6) is 0.0608. The average Bonchev–Trinajstić information content (AvgIpc) is 3.30. The molecular formula is C19H17BrN2O3S2. The number of carbonyl (C=O) groups is 1. The Morgan fingerprint density at radius 1 is 1.04 bits per heavy atom. The van der Waals surface area contributed by atoms with E-state index in [1.807, 2.05) is 17.0 Å². The van der Waals surface area contributed by atoms with Gasteiger partial charge in [0.15, 0.2) is 0 Å². The summed E-state index contributed by atoms with van der Waals surface area (Å²) in [6, 6.07) is 13.6. The molecule has 3 aromatic rings. The quantitative estimate of drug-likeness (QED) is 0.608. The van der Waals surface area contributed by atoms with E-state index in [0.29, 0.717) is 10.6 Å². The Kier molecular flexibility index (Phi) is 4.96. The van der Waals surface area contributed by atoms with Crippen molar-refractivity contribution in [2.45, 2.75) is 17.7 Å². The molecule has 0 bridgehead atoms. The van der Waals surface area contributed by atoms with E-state index >= 15 is 0 Å². The zero-order chi connectivity index (χ0) is 19.0. The van der Waals surface area contributed by atoms with Crippen LogP contribution in [0.1, 0.15) is 22.5 Å². The Morgan fingerprint density at radius 2 is 1.74 bits per heavy atom. The predicted molar refractivity (Wildman–Crippen MR) is 112 cm³/mol. The van der Waals surface area contributed by atoms with E-state index in [0.717, 1.165) is 40.5 Å². The van der Waals surface area contributed by atoms with E-state index in [1.54, 1.807) is 36.4 Å². The van der Waals surface area contributed by atoms with Gasteiger partial charge in [0.1, 0.15) is 0 Å². The van der Waals surface area contributed by atoms with Crippen molar-refractivity contribution in [1.82, 2.24) is 4.90 Å². The largest absolute Gasteiger partial charge is 0.338 e. The van der Waals surface area contributed by atoms with Gasteiger partial charge in [0.2, 0.25) is 0 Å². The Morgan fingerprint density at radius 3 is 2.44 bits per heavy atom. The van der Waals surface area contributed by atoms with E-state index in [1.165, 1.54) is 11.3 Å². The maximum atomic E-state index is 12.6. The summed E-state index contributed by atoms with van der Waals surface area (Å²) in [7, 11) is -3.66. The highest BCUT2D eigenvalue weighted by Gasteiger charge is 2.21. The maximum Gasteiger partial charge on any atom is 0.263 e. The van der Waals surface area contributed by atoms with Crippen molar-refractivity contribution in [3.05, 3.63) is 57.9 Å². The zero-order valence-corrected chi connectivity index (χ0v) is 17.5. The van der Waals surface area contributed by atoms with Crippen molar-refractivity contribution < 1.29 is 13.2 Å². The molecule has 1 fully saturated rings. The van der Waals surface area contributed by atoms with Gasteiger partial charge < -0.3 is 4.90 Å². The predicted octanol–water partition coefficient (Wildman–Crippen LogP) is 4.70. The molecular weight excluding hydrogens is 448 g/mol. The second-order valence-corrected chi connectivity index (χ2v) is 10.1. The lowest BCUT2D eigenvalue weighted by Gasteiger charge is -2.13. The normalized spacial score (nSPS) is 14.6. The number of fused-ring (bicyclic) bond motifs is 1. The minimum Gasteiger partial charge on any atom is -0.338 e. The summed E-state index contributed by atoms with van der Waals surface area (Å²) >= 11 is 4.74. The number of nitrogens with one attached hydrogen (secondary N) is 1. The van der Waals surface area contributed by atoms with Crippen molar-refractivity contribution in [3.8, 4) is 0 Å². The van der Waals surface area contributed by atoms with E-state index in [2.05, 4.69) is 20.7 Å². The molecule has 27 heavy (non-hydrogen) atoms. The summed E-state index contributed by atoms with van der Waals surface area (Å²) in [6.07, 6.45) is 2.11. The first-order chi connectivity index (χ1) is 12.9. The fourth-order valence-corrected chi connectivity index (χ4v) is 5.44. The SMILES string of the molecule is O=C(c1cc2cc(NS(=O)(=O)c3ccc(Br)cc3)ccc2s1)N1CCCC1. The van der Waals surface area contributed by atoms with Gasteiger partial charge in [-0.05, 0) is 66.8 Å². The second kappa shape index (κ2) is 7.26. The molecule has 1 aromatic heterocycles. The first-order valence-electron chi connectivity index (χ1n) is 8.54. The Balaban J connectivity index is 1.59. The summed E-state index contributed by atoms with van der Waals surface area (Å²) < 4.78 is 29.5. The van der Waals surface area contributed by atoms with Crippen molar-refractivity contribution in [2.75, 3.05) is 17.8 Å². The summed E-state index contributed by atoms with van der Waals surface area (Å²) in [5.41, 5.74) is 0.475. The molecule has 5 nitrogen and oxygen atoms in total. The van der Waals surface area contributed by atoms with Gasteiger partial charge in [-0.15, -0.1) is 11.3 Å². The van der Waals surface area contributed by atoms with E-state index < -0.39 is 10.0 Å². The van der Waals surface area contributed by atoms with Crippen LogP contribution in [0.3, 0.4) is 0 Å². The molecule has 0 aliphatic carbocycles. The van der Waals surface area contributed by atoms with Crippen molar-refractivity contribution in [1.29, 1.82) is 0 Å². The zero-order valence-electron chi connectivity index (χ0n) is 14.3. The van der Waals surface area contributed by atoms with Crippen LogP contribution in [-0.2, 0) is 10.0 Å². The molecule has 8 heteroatoms. The highest BCUT2D eigenvalue weighted by molar-refractivity contribution is 9.10. The third kappa shape index (κ3) is 3.88. The maximum absolute atomic E-state index is 12.6. The summed E-state index contributed by atoms with van der Waals surface area (Å²) in [6.45, 7) is 1.62. The Bertz CT molecular complexity index is 1100. The van der Waals surface area contributed by atoms with E-state index in [-0.39, 0.29) is 10.8 Å². The third-order valence-electron chi connectivity index (χ3n) is 4.50. The Hall–Kier alpha value is -1.90. The minimum atomic E-state index is -3.66. The van der Waals surface area contributed by atoms with Crippen LogP contribution in [-0.4, -0.2) is 32.3 Å². The lowest BCUT2D eigenvalue weighted by molar-refractivity contribution is 0.0797. The smallest absolute Gasteiger partial charge is 0.263 e. The number of halogens is 1. The number of hydrogen-bond donors (Lipinski definition) is 1. The molecule has 4 rings (SSSR count). The first kappa shape index (κ1) is 18.5. The molecule has 0 atom stereocenters. The van der Waals surface area contributed by atoms with Gasteiger partial charge in [-0.25, -0.2) is 8.42 Å². The molecule has 2 heterocycles. The van der Waals surface area contributed by atoms with Gasteiger partial charge in [-0.2, -0.15) is 0 Å². The number of likely N-dealkylation sites (tertiary alicyclic amines) is 1. The average molecular weight is 465 g/mol. The molecule has 1 saturated heterocycles. The molecule has 140 valence electrons. The third-order valence-corrected chi connectivity index (χ3v) is 7.53. The number of sulfonamides is 1. The van der Waals surface area contributed by atoms with Crippen LogP contribution in [0.15, 0.2) is 57.9 Å². The van der Waals surface area contributed by atoms with Crippen LogP contribution in [0.4, 0.5) is 5.69 Å². The number of carbonyl (C=O) groups excluding carboxylic acids is 1. The van der Waals surface area contributed by atoms with Gasteiger partial charge in [-0.3, -0.25) is 9.52 Å². The summed E-state index contributed by atoms with van der Waals surface area (Å²) in [4.78, 5) is 15.3. The van der Waals surface area contributed by atoms with Crippen molar-refractivity contribution in [2.24, 2.45) is 0 Å². The molecule has 1 N–H and O–H groups in total. The topological polar surface area (TPSA) is 66.5 Å². The van der Waals surface area contributed by atoms with Crippen molar-refractivity contribution >= 4 is 59.0 Å². The van der Waals surface area contributed by atoms with Gasteiger partial charge in [0.05, 0.1) is 9.77 Å². The summed E-state index contributed by atoms with van der Waals surface area (Å²) in [5, 5.41) is 0.860. The number of nitrogens with zero attached hydrogens (tertiary/aromatic N) is 1. The van der Waals surface area contributed by atoms with Crippen LogP contribution in [0, 0.1) is 0 Å². The second-order valence-electron chi connectivity index (χ2n) is 6.42. The Labute approximate surface area is 170 Å². The molecule has 1 amide bonds. The van der Waals surface area contributed by atoms with Crippen LogP contribution in [0.2, 0.25) is 0 Å². The molecule has 2 aromatic carbocycles. The number of amides is 1. The van der Waals surface area contributed by atoms with Gasteiger partial charge in [-0.1, -0.05) is 15.9 Å². The van der Waals surface area contributed by atoms with Gasteiger partial charge >= 0.3 is 0 Å². The standard InChI is InChI=1S/C19H17BrN2O3S2/c20-14-3-6-16(7-4-14)27(24,25)21-15-5-8-17-13(11-15)12-18(26-17)19(23)22-9-1-2-10-22/h3-8,11-12,21H,1-2,9-10H2. The first-order valence-corrected chi connectivity index (χ1v) is 11.6. The van der Waals surface area contributed by atoms with Gasteiger partial charge in [0, 0.05) is 27.9 Å². The number of rotatable bonds is 4. The minimum absolute atomic E-state index is 0.0608. The number of anilines is 1. The van der Waals surface area contributed by atoms with Crippen molar-refractivity contribution in [3.63, 3.8) is 0 Å². The molecule has 0 radical (unpaired) electrons. The number of benzene rings is 2. The fourth-order valence-electron chi connectivity index (χ4n) is 3.12. The molecule has 0 unspecified atom stereocenters.